The van der Waals surface area contributed by atoms with E-state index in [-0.39, 0.29) is 11.4 Å². The average Bonchev–Trinajstić information content (AvgIpc) is 2.05. The number of amides is 1. The van der Waals surface area contributed by atoms with Gasteiger partial charge in [0.1, 0.15) is 0 Å². The maximum Gasteiger partial charge on any atom is 0.220 e. The molecule has 1 N–H and O–H groups in total. The van der Waals surface area contributed by atoms with Crippen LogP contribution in [0.4, 0.5) is 0 Å². The van der Waals surface area contributed by atoms with Crippen molar-refractivity contribution < 1.29 is 4.79 Å². The lowest BCUT2D eigenvalue weighted by atomic mass is 9.76. The van der Waals surface area contributed by atoms with Crippen molar-refractivity contribution in [1.29, 1.82) is 0 Å². The van der Waals surface area contributed by atoms with Crippen LogP contribution >= 0.6 is 0 Å². The summed E-state index contributed by atoms with van der Waals surface area (Å²) in [6.45, 7) is 0. The molecule has 1 spiro atoms. The topological polar surface area (TPSA) is 29.1 Å². The first kappa shape index (κ1) is 8.09. The van der Waals surface area contributed by atoms with Gasteiger partial charge in [-0.3, -0.25) is 4.79 Å². The molecule has 0 bridgehead atoms. The summed E-state index contributed by atoms with van der Waals surface area (Å²) in [5.41, 5.74) is 0.230. The highest BCUT2D eigenvalue weighted by atomic mass is 16.1. The third-order valence-electron chi connectivity index (χ3n) is 3.27. The van der Waals surface area contributed by atoms with Crippen LogP contribution in [0.5, 0.6) is 0 Å². The summed E-state index contributed by atoms with van der Waals surface area (Å²) in [6.07, 6.45) is 9.49. The fraction of sp³-hybridized carbons (Fsp3) is 0.900. The van der Waals surface area contributed by atoms with Gasteiger partial charge in [-0.1, -0.05) is 19.3 Å². The van der Waals surface area contributed by atoms with Gasteiger partial charge in [0, 0.05) is 12.0 Å². The molecule has 2 aliphatic rings. The Morgan fingerprint density at radius 1 is 1.00 bits per heavy atom. The largest absolute Gasteiger partial charge is 0.351 e. The van der Waals surface area contributed by atoms with Gasteiger partial charge >= 0.3 is 0 Å². The second-order valence-electron chi connectivity index (χ2n) is 4.24. The van der Waals surface area contributed by atoms with Crippen molar-refractivity contribution in [2.24, 2.45) is 0 Å². The summed E-state index contributed by atoms with van der Waals surface area (Å²) in [7, 11) is 0. The van der Waals surface area contributed by atoms with Crippen LogP contribution in [0.2, 0.25) is 0 Å². The molecule has 2 rings (SSSR count). The van der Waals surface area contributed by atoms with Gasteiger partial charge in [-0.05, 0) is 25.7 Å². The van der Waals surface area contributed by atoms with E-state index < -0.39 is 0 Å². The van der Waals surface area contributed by atoms with Crippen LogP contribution in [0.15, 0.2) is 0 Å². The first-order valence-electron chi connectivity index (χ1n) is 5.12. The van der Waals surface area contributed by atoms with E-state index in [0.717, 1.165) is 12.8 Å². The highest BCUT2D eigenvalue weighted by Gasteiger charge is 2.35. The molecule has 1 amide bonds. The summed E-state index contributed by atoms with van der Waals surface area (Å²) >= 11 is 0. The quantitative estimate of drug-likeness (QED) is 0.587. The molecule has 1 saturated carbocycles. The van der Waals surface area contributed by atoms with Crippen LogP contribution in [0, 0.1) is 0 Å². The molecule has 0 aromatic rings. The molecule has 1 aliphatic carbocycles. The number of hydrogen-bond acceptors (Lipinski definition) is 1. The van der Waals surface area contributed by atoms with Gasteiger partial charge in [0.2, 0.25) is 5.91 Å². The molecular weight excluding hydrogens is 150 g/mol. The van der Waals surface area contributed by atoms with Crippen LogP contribution in [-0.4, -0.2) is 11.4 Å². The second-order valence-corrected chi connectivity index (χ2v) is 4.24. The number of hydrogen-bond donors (Lipinski definition) is 1. The highest BCUT2D eigenvalue weighted by molar-refractivity contribution is 5.77. The minimum absolute atomic E-state index is 0.230. The molecule has 2 fully saturated rings. The maximum atomic E-state index is 11.2. The number of carbonyl (C=O) groups is 1. The molecule has 1 saturated heterocycles. The van der Waals surface area contributed by atoms with Crippen molar-refractivity contribution in [2.75, 3.05) is 0 Å². The van der Waals surface area contributed by atoms with E-state index in [0.29, 0.717) is 0 Å². The number of rotatable bonds is 0. The molecule has 1 aliphatic heterocycles. The lowest BCUT2D eigenvalue weighted by Crippen LogP contribution is -2.52. The smallest absolute Gasteiger partial charge is 0.220 e. The van der Waals surface area contributed by atoms with Crippen LogP contribution in [0.25, 0.3) is 0 Å². The Balaban J connectivity index is 2.02. The molecule has 1 heterocycles. The Labute approximate surface area is 73.7 Å². The van der Waals surface area contributed by atoms with Crippen LogP contribution in [0.1, 0.15) is 51.4 Å². The van der Waals surface area contributed by atoms with Crippen molar-refractivity contribution in [3.8, 4) is 0 Å². The summed E-state index contributed by atoms with van der Waals surface area (Å²) < 4.78 is 0. The summed E-state index contributed by atoms with van der Waals surface area (Å²) in [5.74, 6) is 0.281. The standard InChI is InChI=1S/C10H17NO/c12-9-5-4-8-10(11-9)6-2-1-3-7-10/h1-8H2,(H,11,12). The zero-order valence-corrected chi connectivity index (χ0v) is 7.57. The maximum absolute atomic E-state index is 11.2. The minimum Gasteiger partial charge on any atom is -0.351 e. The van der Waals surface area contributed by atoms with E-state index >= 15 is 0 Å². The summed E-state index contributed by atoms with van der Waals surface area (Å²) in [6, 6.07) is 0. The molecule has 68 valence electrons. The van der Waals surface area contributed by atoms with Gasteiger partial charge in [0.25, 0.3) is 0 Å². The fourth-order valence-electron chi connectivity index (χ4n) is 2.61. The Morgan fingerprint density at radius 3 is 2.33 bits per heavy atom. The third kappa shape index (κ3) is 1.47. The molecular formula is C10H17NO. The van der Waals surface area contributed by atoms with Gasteiger partial charge in [-0.15, -0.1) is 0 Å². The molecule has 0 radical (unpaired) electrons. The Morgan fingerprint density at radius 2 is 1.67 bits per heavy atom. The first-order chi connectivity index (χ1) is 5.81. The number of nitrogens with one attached hydrogen (secondary N) is 1. The number of carbonyl (C=O) groups excluding carboxylic acids is 1. The lowest BCUT2D eigenvalue weighted by molar-refractivity contribution is -0.125. The predicted octanol–water partition coefficient (Wildman–Crippen LogP) is 1.99. The zero-order chi connectivity index (χ0) is 8.44. The molecule has 12 heavy (non-hydrogen) atoms. The van der Waals surface area contributed by atoms with E-state index in [9.17, 15) is 4.79 Å². The normalized spacial score (nSPS) is 28.5. The van der Waals surface area contributed by atoms with Gasteiger partial charge < -0.3 is 5.32 Å². The third-order valence-corrected chi connectivity index (χ3v) is 3.27. The van der Waals surface area contributed by atoms with E-state index in [2.05, 4.69) is 5.32 Å². The van der Waals surface area contributed by atoms with Crippen molar-refractivity contribution in [2.45, 2.75) is 56.9 Å². The van der Waals surface area contributed by atoms with E-state index in [4.69, 9.17) is 0 Å². The van der Waals surface area contributed by atoms with Gasteiger partial charge in [-0.2, -0.15) is 0 Å². The molecule has 0 atom stereocenters. The molecule has 2 nitrogen and oxygen atoms in total. The predicted molar refractivity (Wildman–Crippen MR) is 47.8 cm³/mol. The second kappa shape index (κ2) is 3.08. The highest BCUT2D eigenvalue weighted by Crippen LogP contribution is 2.34. The van der Waals surface area contributed by atoms with Crippen LogP contribution < -0.4 is 5.32 Å². The van der Waals surface area contributed by atoms with E-state index in [1.54, 1.807) is 0 Å². The Hall–Kier alpha value is -0.530. The average molecular weight is 167 g/mol. The van der Waals surface area contributed by atoms with Gasteiger partial charge in [-0.25, -0.2) is 0 Å². The Bertz CT molecular complexity index is 177. The summed E-state index contributed by atoms with van der Waals surface area (Å²) in [5, 5.41) is 3.19. The van der Waals surface area contributed by atoms with E-state index in [1.165, 1.54) is 38.5 Å². The molecule has 0 unspecified atom stereocenters. The fourth-order valence-corrected chi connectivity index (χ4v) is 2.61. The first-order valence-corrected chi connectivity index (χ1v) is 5.12. The van der Waals surface area contributed by atoms with Crippen molar-refractivity contribution in [3.05, 3.63) is 0 Å². The monoisotopic (exact) mass is 167 g/mol. The minimum atomic E-state index is 0.230. The molecule has 0 aromatic carbocycles. The lowest BCUT2D eigenvalue weighted by Gasteiger charge is -2.41. The summed E-state index contributed by atoms with van der Waals surface area (Å²) in [4.78, 5) is 11.2. The van der Waals surface area contributed by atoms with Crippen molar-refractivity contribution in [1.82, 2.24) is 5.32 Å². The zero-order valence-electron chi connectivity index (χ0n) is 7.57. The van der Waals surface area contributed by atoms with Crippen molar-refractivity contribution in [3.63, 3.8) is 0 Å². The number of piperidine rings is 1. The van der Waals surface area contributed by atoms with Crippen LogP contribution in [-0.2, 0) is 4.79 Å². The SMILES string of the molecule is O=C1CCCC2(CCCCC2)N1. The van der Waals surface area contributed by atoms with Gasteiger partial charge in [0.15, 0.2) is 0 Å². The van der Waals surface area contributed by atoms with E-state index in [1.807, 2.05) is 0 Å². The van der Waals surface area contributed by atoms with Crippen LogP contribution in [0.3, 0.4) is 0 Å². The molecule has 2 heteroatoms. The molecule has 0 aromatic heterocycles. The van der Waals surface area contributed by atoms with Gasteiger partial charge in [0.05, 0.1) is 0 Å². The Kier molecular flexibility index (Phi) is 2.07. The van der Waals surface area contributed by atoms with Crippen molar-refractivity contribution >= 4 is 5.91 Å².